The van der Waals surface area contributed by atoms with E-state index in [1.807, 2.05) is 6.92 Å². The molecular formula is C27H29ClF3N3O5S2. The van der Waals surface area contributed by atoms with Crippen LogP contribution in [0.15, 0.2) is 41.3 Å². The third-order valence-corrected chi connectivity index (χ3v) is 9.60. The average Bonchev–Trinajstić information content (AvgIpc) is 3.31. The van der Waals surface area contributed by atoms with Gasteiger partial charge in [0.1, 0.15) is 17.3 Å². The van der Waals surface area contributed by atoms with Gasteiger partial charge in [0.25, 0.3) is 10.0 Å². The fraction of sp³-hybridized carbons (Fsp3) is 0.407. The second kappa shape index (κ2) is 12.9. The smallest absolute Gasteiger partial charge is 0.490 e. The number of rotatable bonds is 10. The third-order valence-electron chi connectivity index (χ3n) is 6.67. The van der Waals surface area contributed by atoms with Gasteiger partial charge in [-0.15, -0.1) is 0 Å². The largest absolute Gasteiger partial charge is 0.495 e. The molecule has 0 atom stereocenters. The molecule has 0 unspecified atom stereocenters. The second-order valence-corrected chi connectivity index (χ2v) is 12.7. The summed E-state index contributed by atoms with van der Waals surface area (Å²) in [6, 6.07) is 8.59. The molecule has 0 bridgehead atoms. The number of hydrogen-bond acceptors (Lipinski definition) is 8. The molecule has 1 aliphatic carbocycles. The molecule has 1 aliphatic rings. The van der Waals surface area contributed by atoms with Crippen LogP contribution in [0.4, 0.5) is 24.0 Å². The van der Waals surface area contributed by atoms with Crippen molar-refractivity contribution in [3.8, 4) is 16.2 Å². The minimum absolute atomic E-state index is 0.00286. The fourth-order valence-electron chi connectivity index (χ4n) is 4.57. The molecule has 1 saturated carbocycles. The van der Waals surface area contributed by atoms with Gasteiger partial charge in [0.05, 0.1) is 17.7 Å². The van der Waals surface area contributed by atoms with Crippen molar-refractivity contribution in [1.29, 1.82) is 0 Å². The van der Waals surface area contributed by atoms with E-state index in [2.05, 4.69) is 19.8 Å². The van der Waals surface area contributed by atoms with Gasteiger partial charge >= 0.3 is 12.1 Å². The van der Waals surface area contributed by atoms with Crippen molar-refractivity contribution in [3.63, 3.8) is 0 Å². The normalized spacial score (nSPS) is 14.5. The molecule has 2 N–H and O–H groups in total. The van der Waals surface area contributed by atoms with Crippen LogP contribution in [0.1, 0.15) is 43.4 Å². The Morgan fingerprint density at radius 2 is 1.88 bits per heavy atom. The number of carbonyl (C=O) groups excluding carboxylic acids is 1. The van der Waals surface area contributed by atoms with Gasteiger partial charge in [-0.05, 0) is 67.6 Å². The maximum atomic E-state index is 13.4. The number of carbonyl (C=O) groups is 1. The number of thiazole rings is 1. The summed E-state index contributed by atoms with van der Waals surface area (Å²) in [7, 11) is -2.90. The van der Waals surface area contributed by atoms with E-state index >= 15 is 0 Å². The summed E-state index contributed by atoms with van der Waals surface area (Å²) < 4.78 is 76.3. The summed E-state index contributed by atoms with van der Waals surface area (Å²) >= 11 is 7.46. The summed E-state index contributed by atoms with van der Waals surface area (Å²) in [5.41, 5.74) is 1.36. The first-order valence-electron chi connectivity index (χ1n) is 12.8. The number of esters is 1. The molecule has 8 nitrogen and oxygen atoms in total. The van der Waals surface area contributed by atoms with Gasteiger partial charge in [0, 0.05) is 22.8 Å². The van der Waals surface area contributed by atoms with E-state index in [0.29, 0.717) is 11.5 Å². The SMILES string of the molecule is COc1ccc(-c2sc(NCC3CCCCC3)nc2C)cc1S(=O)(=O)Nc1ccc(Cl)c(COC(=O)C(F)(F)F)c1. The number of anilines is 2. The first-order valence-corrected chi connectivity index (χ1v) is 15.5. The van der Waals surface area contributed by atoms with Gasteiger partial charge in [0.15, 0.2) is 5.13 Å². The minimum atomic E-state index is -5.17. The number of ether oxygens (including phenoxy) is 2. The number of aryl methyl sites for hydroxylation is 1. The molecule has 0 spiro atoms. The van der Waals surface area contributed by atoms with Crippen LogP contribution in [-0.2, 0) is 26.2 Å². The monoisotopic (exact) mass is 631 g/mol. The van der Waals surface area contributed by atoms with Crippen molar-refractivity contribution >= 4 is 49.7 Å². The topological polar surface area (TPSA) is 107 Å². The van der Waals surface area contributed by atoms with E-state index in [1.54, 1.807) is 12.1 Å². The lowest BCUT2D eigenvalue weighted by atomic mass is 9.89. The number of alkyl halides is 3. The molecule has 4 rings (SSSR count). The Kier molecular flexibility index (Phi) is 9.70. The predicted octanol–water partition coefficient (Wildman–Crippen LogP) is 7.18. The van der Waals surface area contributed by atoms with Crippen molar-refractivity contribution in [2.24, 2.45) is 5.92 Å². The zero-order chi connectivity index (χ0) is 29.8. The molecule has 1 fully saturated rings. The first-order chi connectivity index (χ1) is 19.4. The Morgan fingerprint density at radius 1 is 1.15 bits per heavy atom. The van der Waals surface area contributed by atoms with E-state index in [9.17, 15) is 26.4 Å². The van der Waals surface area contributed by atoms with Crippen molar-refractivity contribution < 1.29 is 35.9 Å². The molecule has 0 aliphatic heterocycles. The van der Waals surface area contributed by atoms with E-state index in [1.165, 1.54) is 74.8 Å². The summed E-state index contributed by atoms with van der Waals surface area (Å²) in [5, 5.41) is 4.19. The quantitative estimate of drug-likeness (QED) is 0.228. The molecule has 0 amide bonds. The Morgan fingerprint density at radius 3 is 2.56 bits per heavy atom. The van der Waals surface area contributed by atoms with E-state index in [0.717, 1.165) is 22.2 Å². The molecule has 0 saturated heterocycles. The summed E-state index contributed by atoms with van der Waals surface area (Å²) in [6.07, 6.45) is 0.999. The zero-order valence-electron chi connectivity index (χ0n) is 22.3. The second-order valence-electron chi connectivity index (χ2n) is 9.67. The lowest BCUT2D eigenvalue weighted by Gasteiger charge is -2.21. The average molecular weight is 632 g/mol. The highest BCUT2D eigenvalue weighted by Crippen LogP contribution is 2.37. The fourth-order valence-corrected chi connectivity index (χ4v) is 6.96. The Bertz CT molecular complexity index is 1510. The minimum Gasteiger partial charge on any atom is -0.495 e. The molecule has 1 aromatic heterocycles. The molecule has 3 aromatic rings. The van der Waals surface area contributed by atoms with Gasteiger partial charge in [-0.3, -0.25) is 4.72 Å². The van der Waals surface area contributed by atoms with Crippen molar-refractivity contribution in [3.05, 3.63) is 52.7 Å². The van der Waals surface area contributed by atoms with Crippen LogP contribution in [0, 0.1) is 12.8 Å². The highest BCUT2D eigenvalue weighted by atomic mass is 35.5. The van der Waals surface area contributed by atoms with E-state index in [4.69, 9.17) is 16.3 Å². The molecule has 0 radical (unpaired) electrons. The number of benzene rings is 2. The van der Waals surface area contributed by atoms with Crippen molar-refractivity contribution in [2.45, 2.75) is 56.7 Å². The van der Waals surface area contributed by atoms with Crippen LogP contribution < -0.4 is 14.8 Å². The van der Waals surface area contributed by atoms with Crippen LogP contribution >= 0.6 is 22.9 Å². The van der Waals surface area contributed by atoms with Gasteiger partial charge in [-0.2, -0.15) is 13.2 Å². The van der Waals surface area contributed by atoms with E-state index in [-0.39, 0.29) is 26.9 Å². The first kappa shape index (κ1) is 30.9. The molecule has 222 valence electrons. The molecule has 1 heterocycles. The zero-order valence-corrected chi connectivity index (χ0v) is 24.7. The molecule has 41 heavy (non-hydrogen) atoms. The van der Waals surface area contributed by atoms with Crippen LogP contribution in [0.3, 0.4) is 0 Å². The lowest BCUT2D eigenvalue weighted by molar-refractivity contribution is -0.201. The van der Waals surface area contributed by atoms with Gasteiger partial charge in [-0.25, -0.2) is 18.2 Å². The van der Waals surface area contributed by atoms with Crippen molar-refractivity contribution in [1.82, 2.24) is 4.98 Å². The van der Waals surface area contributed by atoms with Crippen LogP contribution in [0.2, 0.25) is 5.02 Å². The number of nitrogens with zero attached hydrogens (tertiary/aromatic N) is 1. The number of sulfonamides is 1. The van der Waals surface area contributed by atoms with Gasteiger partial charge in [-0.1, -0.05) is 42.2 Å². The molecule has 14 heteroatoms. The maximum absolute atomic E-state index is 13.4. The predicted molar refractivity (Wildman–Crippen MR) is 152 cm³/mol. The lowest BCUT2D eigenvalue weighted by Crippen LogP contribution is -2.25. The van der Waals surface area contributed by atoms with Crippen LogP contribution in [0.25, 0.3) is 10.4 Å². The van der Waals surface area contributed by atoms with Crippen LogP contribution in [0.5, 0.6) is 5.75 Å². The number of aromatic nitrogens is 1. The summed E-state index contributed by atoms with van der Waals surface area (Å²) in [4.78, 5) is 16.4. The number of hydrogen-bond donors (Lipinski definition) is 2. The number of methoxy groups -OCH3 is 1. The standard InChI is InChI=1S/C27H29ClF3N3O5S2/c1-16-24(40-26(33-16)32-14-17-6-4-3-5-7-17)18-8-11-22(38-2)23(13-18)41(36,37)34-20-9-10-21(28)19(12-20)15-39-25(35)27(29,30)31/h8-13,17,34H,3-7,14-15H2,1-2H3,(H,32,33). The Balaban J connectivity index is 1.55. The highest BCUT2D eigenvalue weighted by Gasteiger charge is 2.41. The Labute approximate surface area is 245 Å². The van der Waals surface area contributed by atoms with Gasteiger partial charge in [0.2, 0.25) is 0 Å². The number of halogens is 4. The van der Waals surface area contributed by atoms with Gasteiger partial charge < -0.3 is 14.8 Å². The number of nitrogens with one attached hydrogen (secondary N) is 2. The summed E-state index contributed by atoms with van der Waals surface area (Å²) in [5.74, 6) is -1.68. The van der Waals surface area contributed by atoms with Crippen molar-refractivity contribution in [2.75, 3.05) is 23.7 Å². The Hall–Kier alpha value is -3.03. The highest BCUT2D eigenvalue weighted by molar-refractivity contribution is 7.92. The molecule has 2 aromatic carbocycles. The maximum Gasteiger partial charge on any atom is 0.490 e. The van der Waals surface area contributed by atoms with E-state index < -0.39 is 28.8 Å². The molecular weight excluding hydrogens is 603 g/mol. The van der Waals surface area contributed by atoms with Crippen LogP contribution in [-0.4, -0.2) is 39.2 Å². The summed E-state index contributed by atoms with van der Waals surface area (Å²) in [6.45, 7) is 1.90. The third kappa shape index (κ3) is 7.83.